The van der Waals surface area contributed by atoms with Crippen molar-refractivity contribution in [3.8, 4) is 69.2 Å². The fourth-order valence-corrected chi connectivity index (χ4v) is 18.8. The van der Waals surface area contributed by atoms with Gasteiger partial charge in [0.25, 0.3) is 0 Å². The van der Waals surface area contributed by atoms with Gasteiger partial charge in [0.1, 0.15) is 0 Å². The summed E-state index contributed by atoms with van der Waals surface area (Å²) in [5.41, 5.74) is 16.4. The molecular formula is C64H62. The van der Waals surface area contributed by atoms with Crippen LogP contribution in [0.1, 0.15) is 127 Å². The van der Waals surface area contributed by atoms with Crippen LogP contribution >= 0.6 is 0 Å². The SMILES string of the molecule is C#Cc1c(-c2ccccc2)cc(-c2ccccc2)cc1C12CC3(C)CC(C)(C1)CC(C14CC5(C)CC(C)(CC(c6cc(-c7ccccc7)cc(-c7ccccc7)c6C#C)(C5)C1)C4)(C3)C2. The quantitative estimate of drug-likeness (QED) is 0.141. The number of benzene rings is 6. The van der Waals surface area contributed by atoms with Crippen LogP contribution in [0.3, 0.4) is 0 Å². The molecule has 0 heteroatoms. The van der Waals surface area contributed by atoms with Crippen molar-refractivity contribution in [3.05, 3.63) is 168 Å². The topological polar surface area (TPSA) is 0 Å². The first-order valence-electron chi connectivity index (χ1n) is 24.3. The Morgan fingerprint density at radius 3 is 0.922 bits per heavy atom. The van der Waals surface area contributed by atoms with Gasteiger partial charge in [0.05, 0.1) is 0 Å². The largest absolute Gasteiger partial charge is 0.115 e. The van der Waals surface area contributed by atoms with Crippen molar-refractivity contribution in [2.75, 3.05) is 0 Å². The number of rotatable bonds is 7. The molecule has 0 aromatic heterocycles. The van der Waals surface area contributed by atoms with E-state index in [2.05, 4.69) is 185 Å². The van der Waals surface area contributed by atoms with Gasteiger partial charge < -0.3 is 0 Å². The lowest BCUT2D eigenvalue weighted by molar-refractivity contribution is -0.275. The van der Waals surface area contributed by atoms with Crippen molar-refractivity contribution >= 4 is 0 Å². The molecule has 0 heterocycles. The molecule has 8 bridgehead atoms. The second-order valence-corrected chi connectivity index (χ2v) is 24.1. The highest BCUT2D eigenvalue weighted by atomic mass is 14.8. The third-order valence-corrected chi connectivity index (χ3v) is 18.4. The van der Waals surface area contributed by atoms with E-state index in [4.69, 9.17) is 12.8 Å². The Morgan fingerprint density at radius 2 is 0.625 bits per heavy atom. The number of hydrogen-bond acceptors (Lipinski definition) is 0. The van der Waals surface area contributed by atoms with E-state index < -0.39 is 0 Å². The maximum atomic E-state index is 6.83. The van der Waals surface area contributed by atoms with E-state index >= 15 is 0 Å². The Labute approximate surface area is 383 Å². The summed E-state index contributed by atoms with van der Waals surface area (Å²) in [4.78, 5) is 0. The molecule has 0 aliphatic heterocycles. The van der Waals surface area contributed by atoms with E-state index in [9.17, 15) is 0 Å². The Kier molecular flexibility index (Phi) is 8.43. The summed E-state index contributed by atoms with van der Waals surface area (Å²) in [6.45, 7) is 10.8. The molecule has 14 rings (SSSR count). The third-order valence-electron chi connectivity index (χ3n) is 18.4. The van der Waals surface area contributed by atoms with Gasteiger partial charge >= 0.3 is 0 Å². The van der Waals surface area contributed by atoms with E-state index in [1.54, 1.807) is 0 Å². The van der Waals surface area contributed by atoms with Crippen LogP contribution in [-0.2, 0) is 10.8 Å². The minimum Gasteiger partial charge on any atom is -0.115 e. The van der Waals surface area contributed by atoms with E-state index in [0.29, 0.717) is 0 Å². The Morgan fingerprint density at radius 1 is 0.328 bits per heavy atom. The lowest BCUT2D eigenvalue weighted by Gasteiger charge is -2.80. The van der Waals surface area contributed by atoms with Crippen LogP contribution < -0.4 is 0 Å². The van der Waals surface area contributed by atoms with Crippen molar-refractivity contribution in [1.29, 1.82) is 0 Å². The van der Waals surface area contributed by atoms with Crippen molar-refractivity contribution in [2.45, 2.75) is 116 Å². The lowest BCUT2D eigenvalue weighted by atomic mass is 9.24. The maximum absolute atomic E-state index is 6.83. The Balaban J connectivity index is 1.07. The minimum atomic E-state index is -0.00967. The molecule has 0 spiro atoms. The van der Waals surface area contributed by atoms with Gasteiger partial charge in [-0.15, -0.1) is 12.8 Å². The second-order valence-electron chi connectivity index (χ2n) is 24.1. The molecule has 0 nitrogen and oxygen atoms in total. The highest BCUT2D eigenvalue weighted by Crippen LogP contribution is 2.85. The first-order chi connectivity index (χ1) is 30.7. The molecular weight excluding hydrogens is 769 g/mol. The highest BCUT2D eigenvalue weighted by Gasteiger charge is 2.76. The van der Waals surface area contributed by atoms with E-state index in [0.717, 1.165) is 11.1 Å². The highest BCUT2D eigenvalue weighted by molar-refractivity contribution is 5.82. The van der Waals surface area contributed by atoms with E-state index in [1.165, 1.54) is 133 Å². The molecule has 6 aromatic carbocycles. The molecule has 8 aliphatic rings. The van der Waals surface area contributed by atoms with Crippen molar-refractivity contribution in [1.82, 2.24) is 0 Å². The van der Waals surface area contributed by atoms with Crippen LogP contribution in [0.25, 0.3) is 44.5 Å². The van der Waals surface area contributed by atoms with Gasteiger partial charge in [-0.3, -0.25) is 0 Å². The van der Waals surface area contributed by atoms with Crippen molar-refractivity contribution < 1.29 is 0 Å². The smallest absolute Gasteiger partial charge is 0.0359 e. The van der Waals surface area contributed by atoms with E-state index in [1.807, 2.05) is 0 Å². The fourth-order valence-electron chi connectivity index (χ4n) is 18.8. The normalized spacial score (nSPS) is 35.2. The maximum Gasteiger partial charge on any atom is 0.0359 e. The van der Waals surface area contributed by atoms with Crippen LogP contribution in [0, 0.1) is 57.2 Å². The zero-order valence-corrected chi connectivity index (χ0v) is 38.5. The number of terminal acetylenes is 2. The van der Waals surface area contributed by atoms with Gasteiger partial charge in [-0.25, -0.2) is 0 Å². The summed E-state index contributed by atoms with van der Waals surface area (Å²) in [6.07, 6.45) is 28.9. The Hall–Kier alpha value is -5.56. The van der Waals surface area contributed by atoms with E-state index in [-0.39, 0.29) is 43.3 Å². The molecule has 0 saturated heterocycles. The lowest BCUT2D eigenvalue weighted by Crippen LogP contribution is -2.71. The molecule has 0 N–H and O–H groups in total. The molecule has 8 fully saturated rings. The predicted octanol–water partition coefficient (Wildman–Crippen LogP) is 16.3. The third kappa shape index (κ3) is 5.90. The standard InChI is InChI=1S/C64H62/c1-7-51-53(47-25-17-11-18-26-47)29-49(45-21-13-9-14-22-45)31-55(51)61-35-57(3)33-58(4,36-61)40-63(39-57,43-61)64-41-59(5)34-60(6,42-64)38-62(37-59,44-64)56-32-50(46-23-15-10-16-24-46)30-54(52(56)8-2)48-27-19-12-20-28-48/h1-2,9-32H,33-44H2,3-6H3. The summed E-state index contributed by atoms with van der Waals surface area (Å²) in [5, 5.41) is 0. The van der Waals surface area contributed by atoms with Crippen LogP contribution in [0.5, 0.6) is 0 Å². The first-order valence-corrected chi connectivity index (χ1v) is 24.3. The zero-order chi connectivity index (χ0) is 43.8. The van der Waals surface area contributed by atoms with Crippen LogP contribution in [0.2, 0.25) is 0 Å². The molecule has 4 unspecified atom stereocenters. The van der Waals surface area contributed by atoms with Gasteiger partial charge in [-0.1, -0.05) is 161 Å². The molecule has 8 saturated carbocycles. The molecule has 0 radical (unpaired) electrons. The average molecular weight is 831 g/mol. The van der Waals surface area contributed by atoms with Gasteiger partial charge in [0, 0.05) is 11.1 Å². The van der Waals surface area contributed by atoms with Crippen LogP contribution in [0.4, 0.5) is 0 Å². The summed E-state index contributed by atoms with van der Waals surface area (Å²) < 4.78 is 0. The summed E-state index contributed by atoms with van der Waals surface area (Å²) >= 11 is 0. The zero-order valence-electron chi connectivity index (χ0n) is 38.5. The first kappa shape index (κ1) is 40.0. The van der Waals surface area contributed by atoms with Gasteiger partial charge in [-0.05, 0) is 200 Å². The molecule has 8 aliphatic carbocycles. The van der Waals surface area contributed by atoms with Gasteiger partial charge in [0.2, 0.25) is 0 Å². The molecule has 318 valence electrons. The molecule has 4 atom stereocenters. The molecule has 64 heavy (non-hydrogen) atoms. The number of hydrogen-bond donors (Lipinski definition) is 0. The van der Waals surface area contributed by atoms with Crippen molar-refractivity contribution in [2.24, 2.45) is 32.5 Å². The van der Waals surface area contributed by atoms with Crippen LogP contribution in [-0.4, -0.2) is 0 Å². The summed E-state index contributed by atoms with van der Waals surface area (Å²) in [7, 11) is 0. The molecule has 0 amide bonds. The molecule has 6 aromatic rings. The average Bonchev–Trinajstić information content (AvgIpc) is 3.27. The summed E-state index contributed by atoms with van der Waals surface area (Å²) in [5.74, 6) is 6.82. The minimum absolute atomic E-state index is 0.00967. The van der Waals surface area contributed by atoms with Crippen molar-refractivity contribution in [3.63, 3.8) is 0 Å². The second kappa shape index (κ2) is 13.5. The monoisotopic (exact) mass is 830 g/mol. The van der Waals surface area contributed by atoms with Crippen LogP contribution in [0.15, 0.2) is 146 Å². The van der Waals surface area contributed by atoms with Gasteiger partial charge in [-0.2, -0.15) is 0 Å². The predicted molar refractivity (Wildman–Crippen MR) is 267 cm³/mol. The van der Waals surface area contributed by atoms with Gasteiger partial charge in [0.15, 0.2) is 0 Å². The fraction of sp³-hybridized carbons (Fsp3) is 0.375. The summed E-state index contributed by atoms with van der Waals surface area (Å²) in [6, 6.07) is 54.0. The Bertz CT molecular complexity index is 2680.